The molecule has 1 fully saturated rings. The van der Waals surface area contributed by atoms with Crippen LogP contribution < -0.4 is 10.4 Å². The molecule has 4 aromatic rings. The molecule has 0 bridgehead atoms. The van der Waals surface area contributed by atoms with Crippen LogP contribution in [0, 0.1) is 5.82 Å². The molecule has 0 spiro atoms. The molecule has 170 valence electrons. The molecule has 0 aliphatic carbocycles. The molecular weight excluding hydrogens is 425 g/mol. The van der Waals surface area contributed by atoms with E-state index in [2.05, 4.69) is 10.2 Å². The Kier molecular flexibility index (Phi) is 5.45. The van der Waals surface area contributed by atoms with Crippen LogP contribution in [0.4, 0.5) is 4.39 Å². The Hall–Kier alpha value is -3.88. The third kappa shape index (κ3) is 4.13. The molecule has 0 radical (unpaired) electrons. The number of carbonyl (C=O) groups is 1. The number of hydrogen-bond donors (Lipinski definition) is 1. The van der Waals surface area contributed by atoms with Gasteiger partial charge in [-0.15, -0.1) is 0 Å². The summed E-state index contributed by atoms with van der Waals surface area (Å²) in [6.45, 7) is 1.43. The molecule has 2 aromatic carbocycles. The monoisotopic (exact) mass is 449 g/mol. The number of likely N-dealkylation sites (tertiary alicyclic amines) is 1. The van der Waals surface area contributed by atoms with Crippen molar-refractivity contribution in [2.24, 2.45) is 7.05 Å². The van der Waals surface area contributed by atoms with Gasteiger partial charge in [0.2, 0.25) is 5.91 Å². The number of aromatic nitrogens is 4. The lowest BCUT2D eigenvalue weighted by Gasteiger charge is -2.16. The second-order valence-corrected chi connectivity index (χ2v) is 8.31. The fourth-order valence-corrected chi connectivity index (χ4v) is 4.36. The van der Waals surface area contributed by atoms with Crippen LogP contribution in [-0.4, -0.2) is 43.2 Å². The average molecular weight is 449 g/mol. The number of nitrogens with zero attached hydrogens (tertiary/aromatic N) is 4. The number of imidazole rings is 1. The van der Waals surface area contributed by atoms with Gasteiger partial charge in [0.1, 0.15) is 24.7 Å². The van der Waals surface area contributed by atoms with E-state index in [1.165, 1.54) is 16.7 Å². The van der Waals surface area contributed by atoms with E-state index in [4.69, 9.17) is 4.74 Å². The average Bonchev–Trinajstić information content (AvgIpc) is 3.54. The maximum Gasteiger partial charge on any atom is 0.329 e. The molecule has 1 amide bonds. The van der Waals surface area contributed by atoms with Crippen molar-refractivity contribution < 1.29 is 13.9 Å². The van der Waals surface area contributed by atoms with Crippen molar-refractivity contribution in [3.05, 3.63) is 82.3 Å². The summed E-state index contributed by atoms with van der Waals surface area (Å²) in [4.78, 5) is 27.4. The molecule has 0 unspecified atom stereocenters. The number of H-pyrrole nitrogens is 1. The van der Waals surface area contributed by atoms with Crippen LogP contribution in [-0.2, 0) is 25.0 Å². The lowest BCUT2D eigenvalue weighted by molar-refractivity contribution is -0.130. The summed E-state index contributed by atoms with van der Waals surface area (Å²) in [5, 5.41) is 7.35. The number of nitrogens with one attached hydrogen (secondary N) is 1. The number of ether oxygens (including phenoxy) is 1. The second-order valence-electron chi connectivity index (χ2n) is 8.31. The Morgan fingerprint density at radius 1 is 1.18 bits per heavy atom. The number of halogens is 1. The number of fused-ring (bicyclic) bond motifs is 1. The fraction of sp³-hybridized carbons (Fsp3) is 0.292. The van der Waals surface area contributed by atoms with Gasteiger partial charge in [-0.05, 0) is 36.8 Å². The number of benzene rings is 2. The maximum atomic E-state index is 13.3. The van der Waals surface area contributed by atoms with Crippen LogP contribution >= 0.6 is 0 Å². The highest BCUT2D eigenvalue weighted by Gasteiger charge is 2.29. The topological polar surface area (TPSA) is 85.1 Å². The van der Waals surface area contributed by atoms with Gasteiger partial charge in [0.05, 0.1) is 22.4 Å². The van der Waals surface area contributed by atoms with Crippen LogP contribution in [0.25, 0.3) is 11.0 Å². The Balaban J connectivity index is 1.22. The number of aromatic amines is 1. The van der Waals surface area contributed by atoms with Gasteiger partial charge in [-0.25, -0.2) is 9.18 Å². The molecule has 1 aliphatic rings. The minimum atomic E-state index is -0.348. The van der Waals surface area contributed by atoms with Crippen molar-refractivity contribution in [3.8, 4) is 5.75 Å². The highest BCUT2D eigenvalue weighted by Crippen LogP contribution is 2.27. The highest BCUT2D eigenvalue weighted by atomic mass is 19.1. The minimum Gasteiger partial charge on any atom is -0.487 e. The molecular formula is C24H24FN5O3. The van der Waals surface area contributed by atoms with Crippen LogP contribution in [0.3, 0.4) is 0 Å². The van der Waals surface area contributed by atoms with E-state index in [1.54, 1.807) is 28.6 Å². The van der Waals surface area contributed by atoms with E-state index < -0.39 is 0 Å². The Morgan fingerprint density at radius 3 is 2.82 bits per heavy atom. The van der Waals surface area contributed by atoms with E-state index in [0.29, 0.717) is 18.8 Å². The highest BCUT2D eigenvalue weighted by molar-refractivity contribution is 5.81. The van der Waals surface area contributed by atoms with Gasteiger partial charge in [-0.1, -0.05) is 18.2 Å². The third-order valence-electron chi connectivity index (χ3n) is 6.15. The Morgan fingerprint density at radius 2 is 2.00 bits per heavy atom. The largest absolute Gasteiger partial charge is 0.487 e. The van der Waals surface area contributed by atoms with Gasteiger partial charge in [0.15, 0.2) is 0 Å². The van der Waals surface area contributed by atoms with Gasteiger partial charge in [0.25, 0.3) is 0 Å². The number of para-hydroxylation sites is 2. The summed E-state index contributed by atoms with van der Waals surface area (Å²) in [6.07, 6.45) is 0.797. The second kappa shape index (κ2) is 8.57. The first kappa shape index (κ1) is 21.0. The summed E-state index contributed by atoms with van der Waals surface area (Å²) in [7, 11) is 1.71. The molecule has 2 aromatic heterocycles. The summed E-state index contributed by atoms with van der Waals surface area (Å²) >= 11 is 0. The summed E-state index contributed by atoms with van der Waals surface area (Å²) < 4.78 is 22.0. The first-order valence-electron chi connectivity index (χ1n) is 10.8. The zero-order valence-electron chi connectivity index (χ0n) is 18.2. The van der Waals surface area contributed by atoms with E-state index in [-0.39, 0.29) is 36.5 Å². The van der Waals surface area contributed by atoms with Crippen molar-refractivity contribution in [3.63, 3.8) is 0 Å². The van der Waals surface area contributed by atoms with E-state index in [1.807, 2.05) is 30.3 Å². The number of amides is 1. The van der Waals surface area contributed by atoms with E-state index >= 15 is 0 Å². The zero-order valence-corrected chi connectivity index (χ0v) is 18.2. The molecule has 3 heterocycles. The van der Waals surface area contributed by atoms with Gasteiger partial charge >= 0.3 is 5.69 Å². The Bertz CT molecular complexity index is 1370. The molecule has 0 saturated carbocycles. The number of aryl methyl sites for hydroxylation is 1. The van der Waals surface area contributed by atoms with Crippen molar-refractivity contribution in [2.45, 2.75) is 25.5 Å². The summed E-state index contributed by atoms with van der Waals surface area (Å²) in [5.74, 6) is 0.130. The fourth-order valence-electron chi connectivity index (χ4n) is 4.36. The quantitative estimate of drug-likeness (QED) is 0.491. The van der Waals surface area contributed by atoms with E-state index in [9.17, 15) is 14.0 Å². The smallest absolute Gasteiger partial charge is 0.329 e. The predicted molar refractivity (Wildman–Crippen MR) is 120 cm³/mol. The number of carbonyl (C=O) groups excluding carboxylic acids is 1. The molecule has 1 atom stereocenters. The van der Waals surface area contributed by atoms with Gasteiger partial charge < -0.3 is 9.64 Å². The molecule has 1 saturated heterocycles. The van der Waals surface area contributed by atoms with Gasteiger partial charge in [0, 0.05) is 32.1 Å². The van der Waals surface area contributed by atoms with Crippen molar-refractivity contribution in [1.29, 1.82) is 0 Å². The molecule has 8 nitrogen and oxygen atoms in total. The number of hydrogen-bond acceptors (Lipinski definition) is 4. The van der Waals surface area contributed by atoms with Gasteiger partial charge in [-0.2, -0.15) is 5.10 Å². The Labute approximate surface area is 189 Å². The van der Waals surface area contributed by atoms with Crippen LogP contribution in [0.1, 0.15) is 23.7 Å². The lowest BCUT2D eigenvalue weighted by Crippen LogP contribution is -2.35. The normalized spacial score (nSPS) is 15.9. The maximum absolute atomic E-state index is 13.3. The molecule has 33 heavy (non-hydrogen) atoms. The first-order valence-corrected chi connectivity index (χ1v) is 10.8. The molecule has 9 heteroatoms. The third-order valence-corrected chi connectivity index (χ3v) is 6.15. The number of rotatable bonds is 6. The van der Waals surface area contributed by atoms with Crippen LogP contribution in [0.2, 0.25) is 0 Å². The molecule has 1 N–H and O–H groups in total. The first-order chi connectivity index (χ1) is 16.0. The standard InChI is InChI=1S/C24H24FN5O3/c1-28-21-7-2-3-8-22(21)30(24(28)32)14-23(31)29-10-9-16(13-29)20-12-18(26-27-20)15-33-19-6-4-5-17(25)11-19/h2-8,11-12,16H,9-10,13-15H2,1H3,(H,26,27)/t16-/m1/s1. The summed E-state index contributed by atoms with van der Waals surface area (Å²) in [5.41, 5.74) is 3.01. The summed E-state index contributed by atoms with van der Waals surface area (Å²) in [6, 6.07) is 15.4. The SMILES string of the molecule is Cn1c(=O)n(CC(=O)N2CC[C@@H](c3cc(COc4cccc(F)c4)[nH]n3)C2)c2ccccc21. The van der Waals surface area contributed by atoms with Crippen molar-refractivity contribution in [2.75, 3.05) is 13.1 Å². The van der Waals surface area contributed by atoms with E-state index in [0.717, 1.165) is 28.8 Å². The zero-order chi connectivity index (χ0) is 22.9. The molecule has 1 aliphatic heterocycles. The predicted octanol–water partition coefficient (Wildman–Crippen LogP) is 2.80. The lowest BCUT2D eigenvalue weighted by atomic mass is 10.1. The van der Waals surface area contributed by atoms with Crippen molar-refractivity contribution in [1.82, 2.24) is 24.2 Å². The molecule has 5 rings (SSSR count). The van der Waals surface area contributed by atoms with Gasteiger partial charge in [-0.3, -0.25) is 19.0 Å². The van der Waals surface area contributed by atoms with Crippen LogP contribution in [0.15, 0.2) is 59.4 Å². The van der Waals surface area contributed by atoms with Crippen LogP contribution in [0.5, 0.6) is 5.75 Å². The van der Waals surface area contributed by atoms with Crippen molar-refractivity contribution >= 4 is 16.9 Å². The minimum absolute atomic E-state index is 0.0141.